The third-order valence-corrected chi connectivity index (χ3v) is 2.50. The Morgan fingerprint density at radius 3 is 2.07 bits per heavy atom. The number of hydrogen-bond donors (Lipinski definition) is 3. The van der Waals surface area contributed by atoms with Crippen LogP contribution < -0.4 is 0 Å². The van der Waals surface area contributed by atoms with Crippen LogP contribution in [0.25, 0.3) is 0 Å². The molecule has 5 heteroatoms. The summed E-state index contributed by atoms with van der Waals surface area (Å²) in [5.41, 5.74) is 0. The lowest BCUT2D eigenvalue weighted by atomic mass is 9.92. The van der Waals surface area contributed by atoms with Crippen LogP contribution in [0.3, 0.4) is 0 Å². The van der Waals surface area contributed by atoms with Crippen LogP contribution in [-0.4, -0.2) is 53.1 Å². The Kier molecular flexibility index (Phi) is 3.86. The van der Waals surface area contributed by atoms with E-state index < -0.39 is 30.7 Å². The zero-order valence-electron chi connectivity index (χ0n) is 8.62. The summed E-state index contributed by atoms with van der Waals surface area (Å²) in [6.07, 6.45) is -4.89. The second-order valence-electron chi connectivity index (χ2n) is 3.92. The molecular weight excluding hydrogens is 188 g/mol. The van der Waals surface area contributed by atoms with Crippen molar-refractivity contribution in [2.45, 2.75) is 44.6 Å². The zero-order valence-corrected chi connectivity index (χ0v) is 8.62. The van der Waals surface area contributed by atoms with Crippen molar-refractivity contribution in [2.75, 3.05) is 7.11 Å². The summed E-state index contributed by atoms with van der Waals surface area (Å²) in [6, 6.07) is 0. The van der Waals surface area contributed by atoms with Crippen molar-refractivity contribution < 1.29 is 24.8 Å². The van der Waals surface area contributed by atoms with E-state index in [1.807, 2.05) is 13.8 Å². The average molecular weight is 206 g/mol. The van der Waals surface area contributed by atoms with Gasteiger partial charge in [-0.15, -0.1) is 0 Å². The number of aliphatic hydroxyl groups is 3. The van der Waals surface area contributed by atoms with Crippen molar-refractivity contribution in [1.29, 1.82) is 0 Å². The largest absolute Gasteiger partial charge is 0.388 e. The van der Waals surface area contributed by atoms with Gasteiger partial charge in [-0.2, -0.15) is 0 Å². The van der Waals surface area contributed by atoms with Gasteiger partial charge in [0.05, 0.1) is 6.10 Å². The molecule has 5 atom stereocenters. The third-order valence-electron chi connectivity index (χ3n) is 2.50. The van der Waals surface area contributed by atoms with Gasteiger partial charge in [0.15, 0.2) is 6.29 Å². The first-order valence-electron chi connectivity index (χ1n) is 4.71. The van der Waals surface area contributed by atoms with Crippen LogP contribution in [0.15, 0.2) is 0 Å². The van der Waals surface area contributed by atoms with Crippen LogP contribution in [0.4, 0.5) is 0 Å². The maximum absolute atomic E-state index is 9.60. The molecule has 0 aromatic heterocycles. The summed E-state index contributed by atoms with van der Waals surface area (Å²) in [6.45, 7) is 3.73. The lowest BCUT2D eigenvalue weighted by Crippen LogP contribution is -2.59. The molecule has 0 unspecified atom stereocenters. The van der Waals surface area contributed by atoms with Gasteiger partial charge < -0.3 is 24.8 Å². The predicted molar refractivity (Wildman–Crippen MR) is 48.5 cm³/mol. The minimum Gasteiger partial charge on any atom is -0.388 e. The van der Waals surface area contributed by atoms with E-state index in [1.165, 1.54) is 7.11 Å². The highest BCUT2D eigenvalue weighted by molar-refractivity contribution is 4.90. The van der Waals surface area contributed by atoms with E-state index in [1.54, 1.807) is 0 Å². The Labute approximate surface area is 83.3 Å². The molecule has 0 aromatic rings. The molecule has 0 saturated carbocycles. The molecule has 1 aliphatic rings. The minimum atomic E-state index is -1.22. The number of methoxy groups -OCH3 is 1. The summed E-state index contributed by atoms with van der Waals surface area (Å²) in [5.74, 6) is 0.0461. The lowest BCUT2D eigenvalue weighted by molar-refractivity contribution is -0.297. The Hall–Kier alpha value is -0.200. The summed E-state index contributed by atoms with van der Waals surface area (Å²) in [7, 11) is 1.38. The average Bonchev–Trinajstić information content (AvgIpc) is 2.14. The van der Waals surface area contributed by atoms with Crippen molar-refractivity contribution >= 4 is 0 Å². The van der Waals surface area contributed by atoms with Crippen LogP contribution >= 0.6 is 0 Å². The quantitative estimate of drug-likeness (QED) is 0.545. The SMILES string of the molecule is CO[C@H]1O[C@H](C(C)C)[C@@H](O)[C@H](O)[C@H]1O. The fourth-order valence-corrected chi connectivity index (χ4v) is 1.62. The Morgan fingerprint density at radius 1 is 1.07 bits per heavy atom. The maximum atomic E-state index is 9.60. The highest BCUT2D eigenvalue weighted by Crippen LogP contribution is 2.25. The second-order valence-corrected chi connectivity index (χ2v) is 3.92. The molecule has 0 aliphatic carbocycles. The third kappa shape index (κ3) is 2.07. The molecule has 0 amide bonds. The molecule has 1 fully saturated rings. The van der Waals surface area contributed by atoms with Gasteiger partial charge in [-0.3, -0.25) is 0 Å². The minimum absolute atomic E-state index is 0.0461. The smallest absolute Gasteiger partial charge is 0.186 e. The summed E-state index contributed by atoms with van der Waals surface area (Å²) in [5, 5.41) is 28.6. The van der Waals surface area contributed by atoms with Gasteiger partial charge in [0, 0.05) is 7.11 Å². The molecule has 0 aromatic carbocycles. The number of rotatable bonds is 2. The number of aliphatic hydroxyl groups excluding tert-OH is 3. The highest BCUT2D eigenvalue weighted by Gasteiger charge is 2.44. The molecule has 3 N–H and O–H groups in total. The van der Waals surface area contributed by atoms with Crippen molar-refractivity contribution in [3.8, 4) is 0 Å². The van der Waals surface area contributed by atoms with E-state index in [0.29, 0.717) is 0 Å². The molecule has 1 saturated heterocycles. The van der Waals surface area contributed by atoms with Gasteiger partial charge in [0.2, 0.25) is 0 Å². The van der Waals surface area contributed by atoms with Gasteiger partial charge in [0.25, 0.3) is 0 Å². The van der Waals surface area contributed by atoms with Crippen LogP contribution in [-0.2, 0) is 9.47 Å². The second kappa shape index (κ2) is 4.55. The standard InChI is InChI=1S/C9H18O5/c1-4(2)8-6(11)5(10)7(12)9(13-3)14-8/h4-12H,1-3H3/t5-,6-,7+,8+,9-/m0/s1. The summed E-state index contributed by atoms with van der Waals surface area (Å²) >= 11 is 0. The van der Waals surface area contributed by atoms with E-state index in [9.17, 15) is 15.3 Å². The van der Waals surface area contributed by atoms with Gasteiger partial charge in [-0.05, 0) is 5.92 Å². The first kappa shape index (κ1) is 11.9. The lowest BCUT2D eigenvalue weighted by Gasteiger charge is -2.41. The first-order chi connectivity index (χ1) is 6.49. The molecule has 1 heterocycles. The number of ether oxygens (including phenoxy) is 2. The first-order valence-corrected chi connectivity index (χ1v) is 4.71. The van der Waals surface area contributed by atoms with Gasteiger partial charge in [-0.1, -0.05) is 13.8 Å². The zero-order chi connectivity index (χ0) is 10.9. The highest BCUT2D eigenvalue weighted by atomic mass is 16.7. The van der Waals surface area contributed by atoms with Crippen LogP contribution in [0.2, 0.25) is 0 Å². The maximum Gasteiger partial charge on any atom is 0.186 e. The Bertz CT molecular complexity index is 182. The van der Waals surface area contributed by atoms with Crippen molar-refractivity contribution in [1.82, 2.24) is 0 Å². The van der Waals surface area contributed by atoms with Gasteiger partial charge in [-0.25, -0.2) is 0 Å². The van der Waals surface area contributed by atoms with Crippen molar-refractivity contribution in [3.05, 3.63) is 0 Å². The normalized spacial score (nSPS) is 44.4. The van der Waals surface area contributed by atoms with Gasteiger partial charge >= 0.3 is 0 Å². The van der Waals surface area contributed by atoms with Gasteiger partial charge in [0.1, 0.15) is 18.3 Å². The Morgan fingerprint density at radius 2 is 1.64 bits per heavy atom. The fourth-order valence-electron chi connectivity index (χ4n) is 1.62. The number of hydrogen-bond acceptors (Lipinski definition) is 5. The molecular formula is C9H18O5. The molecule has 0 spiro atoms. The molecule has 0 bridgehead atoms. The summed E-state index contributed by atoms with van der Waals surface area (Å²) < 4.78 is 10.2. The topological polar surface area (TPSA) is 79.2 Å². The van der Waals surface area contributed by atoms with E-state index >= 15 is 0 Å². The van der Waals surface area contributed by atoms with E-state index in [4.69, 9.17) is 9.47 Å². The van der Waals surface area contributed by atoms with Crippen LogP contribution in [0.5, 0.6) is 0 Å². The van der Waals surface area contributed by atoms with Crippen LogP contribution in [0.1, 0.15) is 13.8 Å². The molecule has 1 aliphatic heterocycles. The molecule has 1 rings (SSSR count). The molecule has 14 heavy (non-hydrogen) atoms. The van der Waals surface area contributed by atoms with E-state index in [-0.39, 0.29) is 5.92 Å². The van der Waals surface area contributed by atoms with Crippen molar-refractivity contribution in [2.24, 2.45) is 5.92 Å². The van der Waals surface area contributed by atoms with Crippen molar-refractivity contribution in [3.63, 3.8) is 0 Å². The van der Waals surface area contributed by atoms with Crippen LogP contribution in [0, 0.1) is 5.92 Å². The predicted octanol–water partition coefficient (Wildman–Crippen LogP) is -0.904. The molecule has 84 valence electrons. The van der Waals surface area contributed by atoms with E-state index in [0.717, 1.165) is 0 Å². The molecule has 5 nitrogen and oxygen atoms in total. The summed E-state index contributed by atoms with van der Waals surface area (Å²) in [4.78, 5) is 0. The fraction of sp³-hybridized carbons (Fsp3) is 1.00. The Balaban J connectivity index is 2.73. The van der Waals surface area contributed by atoms with E-state index in [2.05, 4.69) is 0 Å². The monoisotopic (exact) mass is 206 g/mol. The molecule has 0 radical (unpaired) electrons.